The van der Waals surface area contributed by atoms with E-state index in [4.69, 9.17) is 15.5 Å². The van der Waals surface area contributed by atoms with Crippen LogP contribution >= 0.6 is 12.6 Å². The molecule has 5 rings (SSSR count). The second kappa shape index (κ2) is 10.2. The highest BCUT2D eigenvalue weighted by molar-refractivity contribution is 7.85. The maximum Gasteiger partial charge on any atom is 0.299 e. The number of pyridine rings is 1. The van der Waals surface area contributed by atoms with Crippen LogP contribution in [0.1, 0.15) is 35.1 Å². The Morgan fingerprint density at radius 1 is 1.22 bits per heavy atom. The number of nitrogen functional groups attached to an aromatic ring is 1. The van der Waals surface area contributed by atoms with Crippen LogP contribution in [0.5, 0.6) is 5.75 Å². The highest BCUT2D eigenvalue weighted by atomic mass is 32.1. The second-order valence-electron chi connectivity index (χ2n) is 8.33. The van der Waals surface area contributed by atoms with Gasteiger partial charge in [0, 0.05) is 36.6 Å². The number of methoxy groups -OCH3 is 1. The Hall–Kier alpha value is -4.56. The van der Waals surface area contributed by atoms with E-state index in [2.05, 4.69) is 39.1 Å². The number of nitrogens with zero attached hydrogens (tertiary/aromatic N) is 5. The molecule has 3 aromatic heterocycles. The van der Waals surface area contributed by atoms with Crippen LogP contribution in [0.3, 0.4) is 0 Å². The number of imidazole rings is 1. The lowest BCUT2D eigenvalue weighted by Crippen LogP contribution is -2.30. The number of likely N-dealkylation sites (tertiary alicyclic amines) is 1. The largest absolute Gasteiger partial charge is 0.496 e. The van der Waals surface area contributed by atoms with Crippen LogP contribution in [-0.4, -0.2) is 49.7 Å². The molecule has 11 heteroatoms. The fourth-order valence-corrected chi connectivity index (χ4v) is 4.66. The molecule has 3 N–H and O–H groups in total. The number of carbonyl (C=O) groups is 2. The lowest BCUT2D eigenvalue weighted by molar-refractivity contribution is -0.126. The maximum absolute atomic E-state index is 12.9. The summed E-state index contributed by atoms with van der Waals surface area (Å²) >= 11 is 3.86. The minimum atomic E-state index is -0.357. The first kappa shape index (κ1) is 24.1. The van der Waals surface area contributed by atoms with Crippen LogP contribution in [0.2, 0.25) is 0 Å². The molecule has 1 aromatic carbocycles. The van der Waals surface area contributed by atoms with E-state index in [1.165, 1.54) is 7.11 Å². The Morgan fingerprint density at radius 2 is 2.08 bits per heavy atom. The Bertz CT molecular complexity index is 1560. The minimum absolute atomic E-state index is 0.282. The Labute approximate surface area is 218 Å². The van der Waals surface area contributed by atoms with Crippen molar-refractivity contribution in [3.63, 3.8) is 0 Å². The van der Waals surface area contributed by atoms with Crippen LogP contribution < -0.4 is 15.8 Å². The van der Waals surface area contributed by atoms with E-state index in [9.17, 15) is 9.59 Å². The Morgan fingerprint density at radius 3 is 2.84 bits per heavy atom. The van der Waals surface area contributed by atoms with Gasteiger partial charge in [-0.1, -0.05) is 24.8 Å². The number of nitrogens with two attached hydrogens (primary N) is 1. The predicted octanol–water partition coefficient (Wildman–Crippen LogP) is 3.19. The fraction of sp³-hybridized carbons (Fsp3) is 0.192. The molecule has 4 heterocycles. The summed E-state index contributed by atoms with van der Waals surface area (Å²) in [5.74, 6) is 3.58. The number of nitrogens with one attached hydrogen (secondary N) is 1. The lowest BCUT2D eigenvalue weighted by Gasteiger charge is -2.21. The number of hydrogen-bond acceptors (Lipinski definition) is 8. The smallest absolute Gasteiger partial charge is 0.299 e. The van der Waals surface area contributed by atoms with Crippen LogP contribution in [0.15, 0.2) is 55.0 Å². The molecule has 0 unspecified atom stereocenters. The molecule has 2 amide bonds. The van der Waals surface area contributed by atoms with Gasteiger partial charge in [0.15, 0.2) is 0 Å². The van der Waals surface area contributed by atoms with Crippen molar-refractivity contribution in [2.75, 3.05) is 24.7 Å². The predicted molar refractivity (Wildman–Crippen MR) is 142 cm³/mol. The van der Waals surface area contributed by atoms with Crippen molar-refractivity contribution < 1.29 is 14.3 Å². The molecule has 1 fully saturated rings. The standard InChI is InChI=1S/C26H23N7O3S/c1-36-19-15-16(7-8-17(19)26(35)30-20-6-2-3-10-28-20)22-23-24(27)29-11-13-33(23)25(31-22)18-5-4-12-32(18)21(34)9-14-37/h2-3,6-8,10-11,13,15,18,37H,4-5,12H2,1H3,(H2,27,29)(H,28,30,35)/t18-/m0/s1. The number of carbonyl (C=O) groups excluding carboxylic acids is 2. The highest BCUT2D eigenvalue weighted by Gasteiger charge is 2.33. The second-order valence-corrected chi connectivity index (χ2v) is 8.55. The molecule has 37 heavy (non-hydrogen) atoms. The summed E-state index contributed by atoms with van der Waals surface area (Å²) in [4.78, 5) is 40.5. The fourth-order valence-electron chi connectivity index (χ4n) is 4.57. The van der Waals surface area contributed by atoms with Gasteiger partial charge in [-0.3, -0.25) is 14.0 Å². The van der Waals surface area contributed by atoms with Crippen LogP contribution in [-0.2, 0) is 4.79 Å². The first-order valence-electron chi connectivity index (χ1n) is 11.5. The number of rotatable bonds is 5. The maximum atomic E-state index is 12.9. The number of anilines is 2. The summed E-state index contributed by atoms with van der Waals surface area (Å²) < 4.78 is 7.41. The molecule has 4 aromatic rings. The molecular weight excluding hydrogens is 490 g/mol. The molecule has 1 atom stereocenters. The number of ether oxygens (including phenoxy) is 1. The highest BCUT2D eigenvalue weighted by Crippen LogP contribution is 2.37. The van der Waals surface area contributed by atoms with Crippen LogP contribution in [0.4, 0.5) is 11.6 Å². The van der Waals surface area contributed by atoms with Gasteiger partial charge in [0.2, 0.25) is 0 Å². The third-order valence-corrected chi connectivity index (χ3v) is 6.32. The number of amides is 2. The average molecular weight is 514 g/mol. The third-order valence-electron chi connectivity index (χ3n) is 6.21. The van der Waals surface area contributed by atoms with E-state index in [1.807, 2.05) is 4.40 Å². The molecule has 10 nitrogen and oxygen atoms in total. The number of hydrogen-bond donors (Lipinski definition) is 3. The van der Waals surface area contributed by atoms with Gasteiger partial charge in [-0.2, -0.15) is 0 Å². The number of fused-ring (bicyclic) bond motifs is 1. The summed E-state index contributed by atoms with van der Waals surface area (Å²) in [6.07, 6.45) is 6.52. The van der Waals surface area contributed by atoms with Crippen molar-refractivity contribution in [1.29, 1.82) is 0 Å². The van der Waals surface area contributed by atoms with E-state index in [-0.39, 0.29) is 17.9 Å². The topological polar surface area (TPSA) is 128 Å². The zero-order chi connectivity index (χ0) is 25.9. The van der Waals surface area contributed by atoms with E-state index in [0.717, 1.165) is 12.8 Å². The quantitative estimate of drug-likeness (QED) is 0.276. The zero-order valence-corrected chi connectivity index (χ0v) is 20.8. The van der Waals surface area contributed by atoms with E-state index >= 15 is 0 Å². The van der Waals surface area contributed by atoms with Gasteiger partial charge < -0.3 is 20.7 Å². The summed E-state index contributed by atoms with van der Waals surface area (Å²) in [5, 5.41) is 5.15. The molecule has 0 saturated carbocycles. The summed E-state index contributed by atoms with van der Waals surface area (Å²) in [5.41, 5.74) is 8.48. The SMILES string of the molecule is COc1cc(-c2nc([C@@H]3CCCN3C(=O)C#CS)n3ccnc(N)c23)ccc1C(=O)Nc1ccccn1. The molecule has 1 aliphatic rings. The average Bonchev–Trinajstić information content (AvgIpc) is 3.55. The van der Waals surface area contributed by atoms with Crippen LogP contribution in [0, 0.1) is 11.2 Å². The molecule has 0 radical (unpaired) electrons. The molecule has 0 bridgehead atoms. The van der Waals surface area contributed by atoms with Gasteiger partial charge in [-0.25, -0.2) is 15.0 Å². The third kappa shape index (κ3) is 4.54. The van der Waals surface area contributed by atoms with Gasteiger partial charge >= 0.3 is 0 Å². The van der Waals surface area contributed by atoms with Crippen molar-refractivity contribution in [2.24, 2.45) is 0 Å². The Balaban J connectivity index is 1.57. The van der Waals surface area contributed by atoms with Crippen molar-refractivity contribution in [2.45, 2.75) is 18.9 Å². The van der Waals surface area contributed by atoms with E-state index < -0.39 is 0 Å². The summed E-state index contributed by atoms with van der Waals surface area (Å²) in [6.45, 7) is 0.574. The minimum Gasteiger partial charge on any atom is -0.496 e. The normalized spacial score (nSPS) is 14.8. The Kier molecular flexibility index (Phi) is 6.66. The van der Waals surface area contributed by atoms with Crippen molar-refractivity contribution >= 4 is 41.6 Å². The first-order chi connectivity index (χ1) is 18.0. The molecule has 1 aliphatic heterocycles. The number of aromatic nitrogens is 4. The van der Waals surface area contributed by atoms with Crippen molar-refractivity contribution in [3.05, 3.63) is 66.4 Å². The van der Waals surface area contributed by atoms with E-state index in [1.54, 1.807) is 59.9 Å². The zero-order valence-electron chi connectivity index (χ0n) is 19.9. The van der Waals surface area contributed by atoms with E-state index in [0.29, 0.717) is 52.1 Å². The van der Waals surface area contributed by atoms with Crippen molar-refractivity contribution in [1.82, 2.24) is 24.3 Å². The first-order valence-corrected chi connectivity index (χ1v) is 12.0. The molecule has 1 saturated heterocycles. The number of thiol groups is 1. The monoisotopic (exact) mass is 513 g/mol. The molecule has 0 spiro atoms. The van der Waals surface area contributed by atoms with Gasteiger partial charge in [-0.15, -0.1) is 0 Å². The van der Waals surface area contributed by atoms with Gasteiger partial charge in [-0.05, 0) is 42.4 Å². The van der Waals surface area contributed by atoms with Crippen LogP contribution in [0.25, 0.3) is 16.8 Å². The van der Waals surface area contributed by atoms with Gasteiger partial charge in [0.05, 0.1) is 18.7 Å². The molecule has 186 valence electrons. The van der Waals surface area contributed by atoms with Gasteiger partial charge in [0.1, 0.15) is 34.4 Å². The molecule has 0 aliphatic carbocycles. The van der Waals surface area contributed by atoms with Crippen molar-refractivity contribution in [3.8, 4) is 28.2 Å². The summed E-state index contributed by atoms with van der Waals surface area (Å²) in [6, 6.07) is 10.1. The summed E-state index contributed by atoms with van der Waals surface area (Å²) in [7, 11) is 1.49. The van der Waals surface area contributed by atoms with Gasteiger partial charge in [0.25, 0.3) is 11.8 Å². The lowest BCUT2D eigenvalue weighted by atomic mass is 10.1. The molecular formula is C26H23N7O3S. The number of benzene rings is 1.